The molecular formula is C17H28O. The minimum absolute atomic E-state index is 0.858. The van der Waals surface area contributed by atoms with Crippen LogP contribution in [0.2, 0.25) is 0 Å². The number of aryl methyl sites for hydroxylation is 2. The average Bonchev–Trinajstić information content (AvgIpc) is 2.31. The number of benzene rings is 1. The zero-order valence-corrected chi connectivity index (χ0v) is 12.3. The number of hydrogen-bond acceptors (Lipinski definition) is 1. The van der Waals surface area contributed by atoms with Crippen molar-refractivity contribution in [2.75, 3.05) is 6.61 Å². The number of ether oxygens (including phenoxy) is 1. The van der Waals surface area contributed by atoms with E-state index < -0.39 is 0 Å². The second-order valence-corrected chi connectivity index (χ2v) is 5.29. The largest absolute Gasteiger partial charge is 0.494 e. The molecule has 0 aliphatic heterocycles. The molecule has 1 rings (SSSR count). The van der Waals surface area contributed by atoms with Crippen molar-refractivity contribution in [3.63, 3.8) is 0 Å². The Balaban J connectivity index is 2.07. The van der Waals surface area contributed by atoms with E-state index in [1.807, 2.05) is 0 Å². The highest BCUT2D eigenvalue weighted by Gasteiger charge is 1.97. The molecule has 1 nitrogen and oxygen atoms in total. The van der Waals surface area contributed by atoms with Gasteiger partial charge < -0.3 is 4.74 Å². The molecule has 0 aromatic heterocycles. The van der Waals surface area contributed by atoms with Gasteiger partial charge in [0.25, 0.3) is 0 Å². The van der Waals surface area contributed by atoms with Crippen molar-refractivity contribution in [2.24, 2.45) is 0 Å². The minimum Gasteiger partial charge on any atom is -0.494 e. The maximum absolute atomic E-state index is 5.80. The Morgan fingerprint density at radius 3 is 1.94 bits per heavy atom. The average molecular weight is 248 g/mol. The minimum atomic E-state index is 0.858. The summed E-state index contributed by atoms with van der Waals surface area (Å²) in [5.41, 5.74) is 2.56. The lowest BCUT2D eigenvalue weighted by atomic mass is 10.1. The fourth-order valence-electron chi connectivity index (χ4n) is 2.27. The monoisotopic (exact) mass is 248 g/mol. The molecule has 1 aromatic rings. The summed E-state index contributed by atoms with van der Waals surface area (Å²) in [6.45, 7) is 7.36. The van der Waals surface area contributed by atoms with Crippen molar-refractivity contribution in [2.45, 2.75) is 65.7 Å². The summed E-state index contributed by atoms with van der Waals surface area (Å²) in [6.07, 6.45) is 9.34. The molecule has 18 heavy (non-hydrogen) atoms. The first-order valence-electron chi connectivity index (χ1n) is 7.43. The van der Waals surface area contributed by atoms with E-state index in [4.69, 9.17) is 4.74 Å². The molecule has 0 aliphatic rings. The van der Waals surface area contributed by atoms with Crippen LogP contribution in [0.5, 0.6) is 5.75 Å². The van der Waals surface area contributed by atoms with Gasteiger partial charge in [-0.1, -0.05) is 51.5 Å². The van der Waals surface area contributed by atoms with E-state index in [0.717, 1.165) is 12.4 Å². The van der Waals surface area contributed by atoms with Crippen LogP contribution in [0, 0.1) is 13.8 Å². The van der Waals surface area contributed by atoms with Crippen molar-refractivity contribution in [3.8, 4) is 5.75 Å². The van der Waals surface area contributed by atoms with Crippen molar-refractivity contribution >= 4 is 0 Å². The van der Waals surface area contributed by atoms with Crippen molar-refractivity contribution < 1.29 is 4.74 Å². The predicted molar refractivity (Wildman–Crippen MR) is 79.4 cm³/mol. The molecule has 102 valence electrons. The van der Waals surface area contributed by atoms with Gasteiger partial charge in [-0.05, 0) is 43.5 Å². The molecule has 0 radical (unpaired) electrons. The van der Waals surface area contributed by atoms with E-state index in [0.29, 0.717) is 0 Å². The zero-order chi connectivity index (χ0) is 13.2. The highest BCUT2D eigenvalue weighted by molar-refractivity contribution is 5.32. The van der Waals surface area contributed by atoms with Gasteiger partial charge in [0.1, 0.15) is 5.75 Å². The molecule has 1 heteroatoms. The van der Waals surface area contributed by atoms with Gasteiger partial charge in [0.05, 0.1) is 6.61 Å². The van der Waals surface area contributed by atoms with E-state index in [1.54, 1.807) is 0 Å². The van der Waals surface area contributed by atoms with Gasteiger partial charge in [-0.15, -0.1) is 0 Å². The van der Waals surface area contributed by atoms with E-state index >= 15 is 0 Å². The van der Waals surface area contributed by atoms with Crippen LogP contribution in [0.15, 0.2) is 18.2 Å². The molecule has 0 unspecified atom stereocenters. The fourth-order valence-corrected chi connectivity index (χ4v) is 2.27. The number of unbranched alkanes of at least 4 members (excludes halogenated alkanes) is 6. The summed E-state index contributed by atoms with van der Waals surface area (Å²) in [5.74, 6) is 1.03. The first-order valence-corrected chi connectivity index (χ1v) is 7.43. The predicted octanol–water partition coefficient (Wildman–Crippen LogP) is 5.43. The quantitative estimate of drug-likeness (QED) is 0.529. The number of rotatable bonds is 9. The Morgan fingerprint density at radius 1 is 0.778 bits per heavy atom. The van der Waals surface area contributed by atoms with Crippen LogP contribution in [0.3, 0.4) is 0 Å². The Morgan fingerprint density at radius 2 is 1.33 bits per heavy atom. The molecule has 0 bridgehead atoms. The summed E-state index contributed by atoms with van der Waals surface area (Å²) >= 11 is 0. The Hall–Kier alpha value is -0.980. The molecule has 0 spiro atoms. The molecule has 0 saturated heterocycles. The summed E-state index contributed by atoms with van der Waals surface area (Å²) < 4.78 is 5.80. The van der Waals surface area contributed by atoms with E-state index in [-0.39, 0.29) is 0 Å². The smallest absolute Gasteiger partial charge is 0.119 e. The van der Waals surface area contributed by atoms with E-state index in [1.165, 1.54) is 56.1 Å². The highest BCUT2D eigenvalue weighted by Crippen LogP contribution is 2.16. The van der Waals surface area contributed by atoms with Crippen LogP contribution in [0.25, 0.3) is 0 Å². The topological polar surface area (TPSA) is 9.23 Å². The van der Waals surface area contributed by atoms with E-state index in [2.05, 4.69) is 39.0 Å². The van der Waals surface area contributed by atoms with Crippen molar-refractivity contribution in [1.82, 2.24) is 0 Å². The highest BCUT2D eigenvalue weighted by atomic mass is 16.5. The summed E-state index contributed by atoms with van der Waals surface area (Å²) in [4.78, 5) is 0. The lowest BCUT2D eigenvalue weighted by Crippen LogP contribution is -1.98. The fraction of sp³-hybridized carbons (Fsp3) is 0.647. The molecule has 0 atom stereocenters. The SMILES string of the molecule is CCCCCCCCCOc1cc(C)cc(C)c1. The first-order chi connectivity index (χ1) is 8.72. The Labute approximate surface area is 113 Å². The maximum Gasteiger partial charge on any atom is 0.119 e. The van der Waals surface area contributed by atoms with Crippen LogP contribution in [-0.4, -0.2) is 6.61 Å². The molecule has 1 aromatic carbocycles. The van der Waals surface area contributed by atoms with Gasteiger partial charge in [-0.3, -0.25) is 0 Å². The van der Waals surface area contributed by atoms with Gasteiger partial charge in [0.2, 0.25) is 0 Å². The normalized spacial score (nSPS) is 10.6. The van der Waals surface area contributed by atoms with Crippen LogP contribution in [-0.2, 0) is 0 Å². The van der Waals surface area contributed by atoms with Gasteiger partial charge in [-0.25, -0.2) is 0 Å². The van der Waals surface area contributed by atoms with Crippen LogP contribution < -0.4 is 4.74 Å². The molecule has 0 saturated carbocycles. The van der Waals surface area contributed by atoms with Crippen molar-refractivity contribution in [1.29, 1.82) is 0 Å². The van der Waals surface area contributed by atoms with Gasteiger partial charge in [-0.2, -0.15) is 0 Å². The molecule has 0 aliphatic carbocycles. The van der Waals surface area contributed by atoms with Crippen molar-refractivity contribution in [3.05, 3.63) is 29.3 Å². The maximum atomic E-state index is 5.80. The standard InChI is InChI=1S/C17H28O/c1-4-5-6-7-8-9-10-11-18-17-13-15(2)12-16(3)14-17/h12-14H,4-11H2,1-3H3. The summed E-state index contributed by atoms with van der Waals surface area (Å²) in [6, 6.07) is 6.42. The summed E-state index contributed by atoms with van der Waals surface area (Å²) in [5, 5.41) is 0. The zero-order valence-electron chi connectivity index (χ0n) is 12.3. The third-order valence-electron chi connectivity index (χ3n) is 3.21. The molecule has 0 N–H and O–H groups in total. The van der Waals surface area contributed by atoms with Gasteiger partial charge >= 0.3 is 0 Å². The Kier molecular flexibility index (Phi) is 7.55. The number of hydrogen-bond donors (Lipinski definition) is 0. The molecule has 0 fully saturated rings. The third-order valence-corrected chi connectivity index (χ3v) is 3.21. The van der Waals surface area contributed by atoms with Gasteiger partial charge in [0, 0.05) is 0 Å². The molecular weight excluding hydrogens is 220 g/mol. The van der Waals surface area contributed by atoms with Crippen LogP contribution in [0.1, 0.15) is 63.0 Å². The third kappa shape index (κ3) is 6.68. The van der Waals surface area contributed by atoms with Gasteiger partial charge in [0.15, 0.2) is 0 Å². The summed E-state index contributed by atoms with van der Waals surface area (Å²) in [7, 11) is 0. The Bertz CT molecular complexity index is 310. The second-order valence-electron chi connectivity index (χ2n) is 5.29. The molecule has 0 amide bonds. The lowest BCUT2D eigenvalue weighted by Gasteiger charge is -2.08. The van der Waals surface area contributed by atoms with E-state index in [9.17, 15) is 0 Å². The van der Waals surface area contributed by atoms with Crippen LogP contribution >= 0.6 is 0 Å². The lowest BCUT2D eigenvalue weighted by molar-refractivity contribution is 0.304. The molecule has 0 heterocycles. The van der Waals surface area contributed by atoms with Crippen LogP contribution in [0.4, 0.5) is 0 Å². The first kappa shape index (κ1) is 15.1. The second kappa shape index (κ2) is 9.02.